The fraction of sp³-hybridized carbons (Fsp3) is 0.700. The quantitative estimate of drug-likeness (QED) is 0.391. The standard InChI is InChI=1S/C10H18N.Li/c1-10(2)9-11-7-5-3-4-6-8-11;/h9H,1,3-8H2,2H3;/q-1;+1. The van der Waals surface area contributed by atoms with Crippen molar-refractivity contribution in [2.75, 3.05) is 13.1 Å². The van der Waals surface area contributed by atoms with E-state index in [0.29, 0.717) is 0 Å². The smallest absolute Gasteiger partial charge is 0.359 e. The molecule has 0 saturated carbocycles. The Hall–Kier alpha value is 0.167. The van der Waals surface area contributed by atoms with Crippen LogP contribution in [-0.4, -0.2) is 18.0 Å². The largest absolute Gasteiger partial charge is 1.00 e. The Morgan fingerprint density at radius 2 is 1.67 bits per heavy atom. The van der Waals surface area contributed by atoms with Gasteiger partial charge in [0, 0.05) is 0 Å². The maximum Gasteiger partial charge on any atom is 1.00 e. The Balaban J connectivity index is 0.00000121. The fourth-order valence-electron chi connectivity index (χ4n) is 1.54. The van der Waals surface area contributed by atoms with Crippen molar-refractivity contribution in [2.24, 2.45) is 0 Å². The van der Waals surface area contributed by atoms with E-state index in [0.717, 1.165) is 0 Å². The van der Waals surface area contributed by atoms with Gasteiger partial charge < -0.3 is 4.90 Å². The van der Waals surface area contributed by atoms with E-state index in [1.165, 1.54) is 44.3 Å². The van der Waals surface area contributed by atoms with Crippen LogP contribution in [-0.2, 0) is 0 Å². The van der Waals surface area contributed by atoms with E-state index in [2.05, 4.69) is 24.9 Å². The van der Waals surface area contributed by atoms with E-state index >= 15 is 0 Å². The molecule has 2 heteroatoms. The first-order valence-corrected chi connectivity index (χ1v) is 4.53. The zero-order valence-corrected chi connectivity index (χ0v) is 8.47. The number of hydrogen-bond donors (Lipinski definition) is 0. The monoisotopic (exact) mass is 159 g/mol. The van der Waals surface area contributed by atoms with E-state index < -0.39 is 0 Å². The molecule has 1 aliphatic heterocycles. The molecule has 0 aromatic heterocycles. The molecule has 0 bridgehead atoms. The first kappa shape index (κ1) is 12.2. The fourth-order valence-corrected chi connectivity index (χ4v) is 1.54. The summed E-state index contributed by atoms with van der Waals surface area (Å²) in [5.74, 6) is 0. The second-order valence-corrected chi connectivity index (χ2v) is 3.43. The molecule has 1 aliphatic rings. The van der Waals surface area contributed by atoms with Crippen molar-refractivity contribution in [3.05, 3.63) is 18.7 Å². The van der Waals surface area contributed by atoms with Gasteiger partial charge in [0.05, 0.1) is 0 Å². The summed E-state index contributed by atoms with van der Waals surface area (Å²) in [7, 11) is 0. The molecular weight excluding hydrogens is 141 g/mol. The summed E-state index contributed by atoms with van der Waals surface area (Å²) in [4.78, 5) is 2.40. The summed E-state index contributed by atoms with van der Waals surface area (Å²) in [6.45, 7) is 10.6. The Morgan fingerprint density at radius 1 is 1.17 bits per heavy atom. The zero-order valence-electron chi connectivity index (χ0n) is 8.47. The van der Waals surface area contributed by atoms with Crippen LogP contribution in [0.3, 0.4) is 0 Å². The van der Waals surface area contributed by atoms with Crippen molar-refractivity contribution in [3.8, 4) is 0 Å². The maximum atomic E-state index is 3.88. The Kier molecular flexibility index (Phi) is 6.75. The van der Waals surface area contributed by atoms with Crippen LogP contribution >= 0.6 is 0 Å². The van der Waals surface area contributed by atoms with Gasteiger partial charge in [-0.25, -0.2) is 12.2 Å². The SMILES string of the molecule is C=C(C)[CH-]N1CCCCCC1.[Li+]. The number of nitrogens with zero attached hydrogens (tertiary/aromatic N) is 1. The molecule has 0 atom stereocenters. The van der Waals surface area contributed by atoms with Gasteiger partial charge >= 0.3 is 18.9 Å². The van der Waals surface area contributed by atoms with Gasteiger partial charge in [0.25, 0.3) is 0 Å². The summed E-state index contributed by atoms with van der Waals surface area (Å²) in [6, 6.07) is 0. The van der Waals surface area contributed by atoms with Gasteiger partial charge in [-0.3, -0.25) is 0 Å². The number of likely N-dealkylation sites (tertiary alicyclic amines) is 1. The Bertz CT molecular complexity index is 126. The number of hydrogen-bond acceptors (Lipinski definition) is 1. The molecule has 1 saturated heterocycles. The minimum absolute atomic E-state index is 0. The average Bonchev–Trinajstić information content (AvgIpc) is 2.14. The van der Waals surface area contributed by atoms with Crippen LogP contribution in [0.2, 0.25) is 0 Å². The van der Waals surface area contributed by atoms with Crippen molar-refractivity contribution >= 4 is 0 Å². The van der Waals surface area contributed by atoms with Crippen molar-refractivity contribution in [1.82, 2.24) is 4.90 Å². The van der Waals surface area contributed by atoms with E-state index in [1.807, 2.05) is 0 Å². The van der Waals surface area contributed by atoms with Crippen molar-refractivity contribution in [2.45, 2.75) is 32.6 Å². The summed E-state index contributed by atoms with van der Waals surface area (Å²) in [6.07, 6.45) is 5.51. The first-order chi connectivity index (χ1) is 5.29. The summed E-state index contributed by atoms with van der Waals surface area (Å²) in [5, 5.41) is 0. The minimum atomic E-state index is 0. The summed E-state index contributed by atoms with van der Waals surface area (Å²) >= 11 is 0. The molecule has 64 valence electrons. The molecular formula is C10H18LiN. The third kappa shape index (κ3) is 4.93. The van der Waals surface area contributed by atoms with Crippen molar-refractivity contribution in [3.63, 3.8) is 0 Å². The molecule has 0 radical (unpaired) electrons. The molecule has 1 rings (SSSR count). The van der Waals surface area contributed by atoms with Gasteiger partial charge in [0.15, 0.2) is 0 Å². The Labute approximate surface area is 88.4 Å². The van der Waals surface area contributed by atoms with E-state index in [-0.39, 0.29) is 18.9 Å². The van der Waals surface area contributed by atoms with Crippen LogP contribution in [0.1, 0.15) is 32.6 Å². The van der Waals surface area contributed by atoms with E-state index in [9.17, 15) is 0 Å². The minimum Gasteiger partial charge on any atom is -0.359 e. The van der Waals surface area contributed by atoms with Gasteiger partial charge in [-0.15, -0.1) is 0 Å². The zero-order chi connectivity index (χ0) is 8.10. The van der Waals surface area contributed by atoms with Crippen LogP contribution in [0.4, 0.5) is 0 Å². The average molecular weight is 159 g/mol. The number of rotatable bonds is 2. The molecule has 1 heterocycles. The maximum absolute atomic E-state index is 3.88. The van der Waals surface area contributed by atoms with Crippen LogP contribution in [0, 0.1) is 6.54 Å². The van der Waals surface area contributed by atoms with Gasteiger partial charge in [-0.1, -0.05) is 19.8 Å². The molecule has 0 N–H and O–H groups in total. The van der Waals surface area contributed by atoms with Crippen molar-refractivity contribution < 1.29 is 18.9 Å². The topological polar surface area (TPSA) is 3.24 Å². The second kappa shape index (κ2) is 6.66. The molecule has 1 fully saturated rings. The third-order valence-electron chi connectivity index (χ3n) is 2.04. The molecule has 0 spiro atoms. The summed E-state index contributed by atoms with van der Waals surface area (Å²) < 4.78 is 0. The summed E-state index contributed by atoms with van der Waals surface area (Å²) in [5.41, 5.74) is 1.17. The first-order valence-electron chi connectivity index (χ1n) is 4.53. The molecule has 0 aromatic carbocycles. The van der Waals surface area contributed by atoms with Crippen LogP contribution in [0.25, 0.3) is 0 Å². The molecule has 0 unspecified atom stereocenters. The van der Waals surface area contributed by atoms with Gasteiger partial charge in [-0.2, -0.15) is 6.54 Å². The molecule has 12 heavy (non-hydrogen) atoms. The predicted molar refractivity (Wildman–Crippen MR) is 49.2 cm³/mol. The second-order valence-electron chi connectivity index (χ2n) is 3.43. The third-order valence-corrected chi connectivity index (χ3v) is 2.04. The molecule has 0 amide bonds. The van der Waals surface area contributed by atoms with Crippen LogP contribution < -0.4 is 18.9 Å². The Morgan fingerprint density at radius 3 is 2.08 bits per heavy atom. The normalized spacial score (nSPS) is 19.1. The van der Waals surface area contributed by atoms with Crippen LogP contribution in [0.15, 0.2) is 12.2 Å². The van der Waals surface area contributed by atoms with Crippen LogP contribution in [0.5, 0.6) is 0 Å². The van der Waals surface area contributed by atoms with Gasteiger partial charge in [0.1, 0.15) is 0 Å². The predicted octanol–water partition coefficient (Wildman–Crippen LogP) is -0.396. The van der Waals surface area contributed by atoms with Gasteiger partial charge in [-0.05, 0) is 25.9 Å². The van der Waals surface area contributed by atoms with Gasteiger partial charge in [0.2, 0.25) is 0 Å². The molecule has 1 nitrogen and oxygen atoms in total. The van der Waals surface area contributed by atoms with Crippen molar-refractivity contribution in [1.29, 1.82) is 0 Å². The van der Waals surface area contributed by atoms with E-state index in [4.69, 9.17) is 0 Å². The van der Waals surface area contributed by atoms with E-state index in [1.54, 1.807) is 0 Å². The molecule has 0 aliphatic carbocycles. The molecule has 0 aromatic rings.